The van der Waals surface area contributed by atoms with Gasteiger partial charge in [-0.1, -0.05) is 35.8 Å². The first kappa shape index (κ1) is 18.4. The molecule has 134 valence electrons. The van der Waals surface area contributed by atoms with E-state index in [1.165, 1.54) is 11.1 Å². The number of aromatic nitrogens is 1. The molecule has 0 saturated carbocycles. The third-order valence-electron chi connectivity index (χ3n) is 4.73. The van der Waals surface area contributed by atoms with Crippen molar-refractivity contribution in [2.75, 3.05) is 19.6 Å². The molecule has 1 fully saturated rings. The van der Waals surface area contributed by atoms with Crippen molar-refractivity contribution in [2.24, 2.45) is 0 Å². The third-order valence-corrected chi connectivity index (χ3v) is 4.73. The molecule has 0 unspecified atom stereocenters. The Balaban J connectivity index is 1.58. The summed E-state index contributed by atoms with van der Waals surface area (Å²) in [6.45, 7) is 6.98. The summed E-state index contributed by atoms with van der Waals surface area (Å²) < 4.78 is 0. The fraction of sp³-hybridized carbons (Fsp3) is 0.348. The second-order valence-electron chi connectivity index (χ2n) is 7.35. The summed E-state index contributed by atoms with van der Waals surface area (Å²) in [6.07, 6.45) is 5.68. The summed E-state index contributed by atoms with van der Waals surface area (Å²) in [6, 6.07) is 14.0. The molecule has 0 aliphatic carbocycles. The number of pyridine rings is 1. The van der Waals surface area contributed by atoms with Crippen LogP contribution in [0.25, 0.3) is 6.08 Å². The van der Waals surface area contributed by atoms with E-state index in [0.717, 1.165) is 43.7 Å². The third kappa shape index (κ3) is 5.56. The van der Waals surface area contributed by atoms with Crippen molar-refractivity contribution in [1.82, 2.24) is 9.88 Å². The van der Waals surface area contributed by atoms with Crippen molar-refractivity contribution in [3.05, 3.63) is 71.1 Å². The normalized spacial score (nSPS) is 17.4. The van der Waals surface area contributed by atoms with Gasteiger partial charge in [0.15, 0.2) is 0 Å². The van der Waals surface area contributed by atoms with Crippen molar-refractivity contribution in [3.8, 4) is 11.8 Å². The second kappa shape index (κ2) is 8.31. The van der Waals surface area contributed by atoms with E-state index in [-0.39, 0.29) is 0 Å². The van der Waals surface area contributed by atoms with Crippen LogP contribution < -0.4 is 0 Å². The number of hydrogen-bond donors (Lipinski definition) is 1. The Morgan fingerprint density at radius 1 is 1.15 bits per heavy atom. The standard InChI is InChI=1S/C23H26N2O/c1-19(18-25-15-12-23(2,26)13-16-25)17-21-8-6-20(7-9-21)10-11-22-5-3-4-14-24-22/h3-9,14,17,26H,12-13,15-16,18H2,1-2H3/b19-17+. The Labute approximate surface area is 156 Å². The first-order valence-electron chi connectivity index (χ1n) is 9.15. The van der Waals surface area contributed by atoms with E-state index < -0.39 is 5.60 Å². The van der Waals surface area contributed by atoms with Crippen LogP contribution in [0.5, 0.6) is 0 Å². The first-order chi connectivity index (χ1) is 12.5. The highest BCUT2D eigenvalue weighted by atomic mass is 16.3. The number of benzene rings is 1. The molecule has 1 aliphatic heterocycles. The molecular weight excluding hydrogens is 320 g/mol. The van der Waals surface area contributed by atoms with Gasteiger partial charge in [0.05, 0.1) is 5.60 Å². The molecule has 1 N–H and O–H groups in total. The van der Waals surface area contributed by atoms with Gasteiger partial charge in [0.25, 0.3) is 0 Å². The molecule has 0 amide bonds. The molecule has 0 atom stereocenters. The molecule has 0 spiro atoms. The van der Waals surface area contributed by atoms with E-state index in [1.54, 1.807) is 6.20 Å². The van der Waals surface area contributed by atoms with Gasteiger partial charge in [-0.2, -0.15) is 0 Å². The summed E-state index contributed by atoms with van der Waals surface area (Å²) in [5.74, 6) is 6.23. The molecule has 2 heterocycles. The smallest absolute Gasteiger partial charge is 0.113 e. The van der Waals surface area contributed by atoms with E-state index in [1.807, 2.05) is 37.3 Å². The maximum Gasteiger partial charge on any atom is 0.113 e. The van der Waals surface area contributed by atoms with Crippen molar-refractivity contribution in [1.29, 1.82) is 0 Å². The van der Waals surface area contributed by atoms with Crippen LogP contribution in [0.15, 0.2) is 54.2 Å². The monoisotopic (exact) mass is 346 g/mol. The fourth-order valence-electron chi connectivity index (χ4n) is 3.11. The van der Waals surface area contributed by atoms with Gasteiger partial charge in [-0.15, -0.1) is 0 Å². The Hall–Kier alpha value is -2.41. The number of likely N-dealkylation sites (tertiary alicyclic amines) is 1. The summed E-state index contributed by atoms with van der Waals surface area (Å²) in [5, 5.41) is 10.0. The number of nitrogens with zero attached hydrogens (tertiary/aromatic N) is 2. The molecule has 0 bridgehead atoms. The van der Waals surface area contributed by atoms with E-state index in [2.05, 4.69) is 46.9 Å². The molecule has 3 heteroatoms. The van der Waals surface area contributed by atoms with Crippen LogP contribution in [0.4, 0.5) is 0 Å². The Kier molecular flexibility index (Phi) is 5.88. The van der Waals surface area contributed by atoms with Gasteiger partial charge < -0.3 is 5.11 Å². The van der Waals surface area contributed by atoms with Crippen LogP contribution in [0.2, 0.25) is 0 Å². The van der Waals surface area contributed by atoms with Crippen molar-refractivity contribution >= 4 is 6.08 Å². The zero-order chi connectivity index (χ0) is 18.4. The lowest BCUT2D eigenvalue weighted by atomic mass is 9.93. The van der Waals surface area contributed by atoms with E-state index in [9.17, 15) is 5.11 Å². The minimum atomic E-state index is -0.486. The predicted octanol–water partition coefficient (Wildman–Crippen LogP) is 3.73. The van der Waals surface area contributed by atoms with E-state index in [4.69, 9.17) is 0 Å². The van der Waals surface area contributed by atoms with Crippen LogP contribution >= 0.6 is 0 Å². The molecule has 1 saturated heterocycles. The van der Waals surface area contributed by atoms with Gasteiger partial charge in [-0.05, 0) is 62.4 Å². The van der Waals surface area contributed by atoms with Crippen molar-refractivity contribution < 1.29 is 5.11 Å². The lowest BCUT2D eigenvalue weighted by Crippen LogP contribution is -2.42. The molecular formula is C23H26N2O. The quantitative estimate of drug-likeness (QED) is 0.860. The predicted molar refractivity (Wildman–Crippen MR) is 107 cm³/mol. The van der Waals surface area contributed by atoms with Gasteiger partial charge >= 0.3 is 0 Å². The van der Waals surface area contributed by atoms with Crippen molar-refractivity contribution in [3.63, 3.8) is 0 Å². The van der Waals surface area contributed by atoms with Crippen LogP contribution in [0, 0.1) is 11.8 Å². The zero-order valence-corrected chi connectivity index (χ0v) is 15.6. The largest absolute Gasteiger partial charge is 0.390 e. The number of piperidine rings is 1. The Morgan fingerprint density at radius 3 is 2.54 bits per heavy atom. The topological polar surface area (TPSA) is 36.4 Å². The molecule has 26 heavy (non-hydrogen) atoms. The highest BCUT2D eigenvalue weighted by molar-refractivity contribution is 5.54. The van der Waals surface area contributed by atoms with Gasteiger partial charge in [-0.3, -0.25) is 4.90 Å². The molecule has 1 aromatic heterocycles. The molecule has 3 nitrogen and oxygen atoms in total. The summed E-state index contributed by atoms with van der Waals surface area (Å²) in [5.41, 5.74) is 3.81. The van der Waals surface area contributed by atoms with Crippen LogP contribution in [0.1, 0.15) is 43.5 Å². The Bertz CT molecular complexity index is 801. The number of hydrogen-bond acceptors (Lipinski definition) is 3. The molecule has 0 radical (unpaired) electrons. The van der Waals surface area contributed by atoms with E-state index >= 15 is 0 Å². The van der Waals surface area contributed by atoms with Gasteiger partial charge in [0.1, 0.15) is 5.69 Å². The zero-order valence-electron chi connectivity index (χ0n) is 15.6. The summed E-state index contributed by atoms with van der Waals surface area (Å²) in [4.78, 5) is 6.62. The van der Waals surface area contributed by atoms with Crippen molar-refractivity contribution in [2.45, 2.75) is 32.3 Å². The maximum atomic E-state index is 10.0. The van der Waals surface area contributed by atoms with Crippen LogP contribution in [0.3, 0.4) is 0 Å². The average molecular weight is 346 g/mol. The lowest BCUT2D eigenvalue weighted by Gasteiger charge is -2.35. The molecule has 1 aliphatic rings. The SMILES string of the molecule is C/C(=C\c1ccc(C#Cc2ccccn2)cc1)CN1CCC(C)(O)CC1. The number of rotatable bonds is 3. The summed E-state index contributed by atoms with van der Waals surface area (Å²) >= 11 is 0. The molecule has 1 aromatic carbocycles. The Morgan fingerprint density at radius 2 is 1.88 bits per heavy atom. The number of aliphatic hydroxyl groups is 1. The van der Waals surface area contributed by atoms with Crippen LogP contribution in [-0.4, -0.2) is 40.2 Å². The second-order valence-corrected chi connectivity index (χ2v) is 7.35. The lowest BCUT2D eigenvalue weighted by molar-refractivity contribution is -0.00297. The van der Waals surface area contributed by atoms with Gasteiger partial charge in [-0.25, -0.2) is 4.98 Å². The van der Waals surface area contributed by atoms with Gasteiger partial charge in [0, 0.05) is 31.4 Å². The minimum Gasteiger partial charge on any atom is -0.390 e. The van der Waals surface area contributed by atoms with Gasteiger partial charge in [0.2, 0.25) is 0 Å². The fourth-order valence-corrected chi connectivity index (χ4v) is 3.11. The minimum absolute atomic E-state index is 0.486. The maximum absolute atomic E-state index is 10.0. The molecule has 2 aromatic rings. The highest BCUT2D eigenvalue weighted by Gasteiger charge is 2.26. The summed E-state index contributed by atoms with van der Waals surface area (Å²) in [7, 11) is 0. The average Bonchev–Trinajstić information content (AvgIpc) is 2.64. The first-order valence-corrected chi connectivity index (χ1v) is 9.15. The molecule has 3 rings (SSSR count). The van der Waals surface area contributed by atoms with Crippen LogP contribution in [-0.2, 0) is 0 Å². The van der Waals surface area contributed by atoms with E-state index in [0.29, 0.717) is 0 Å². The highest BCUT2D eigenvalue weighted by Crippen LogP contribution is 2.22.